The van der Waals surface area contributed by atoms with Crippen LogP contribution in [0.25, 0.3) is 0 Å². The number of carbonyl (C=O) groups is 7. The molecule has 1 heterocycles. The lowest BCUT2D eigenvalue weighted by Gasteiger charge is -2.26. The van der Waals surface area contributed by atoms with Gasteiger partial charge < -0.3 is 52.6 Å². The van der Waals surface area contributed by atoms with E-state index in [1.807, 2.05) is 0 Å². The van der Waals surface area contributed by atoms with Crippen LogP contribution in [-0.2, 0) is 40.0 Å². The van der Waals surface area contributed by atoms with Crippen molar-refractivity contribution in [3.63, 3.8) is 0 Å². The SMILES string of the molecule is C[C@H](NC(=O)[C@H](C)NC(=O)[C@H](C)NC(=O)[C@H](Cc1cnc[nH]1)NC(=O)[C@@H](NC(=O)[C@@H](N)CC(=O)O)[C@@H](C)O)C(=O)O. The second kappa shape index (κ2) is 15.9. The van der Waals surface area contributed by atoms with Gasteiger partial charge in [-0.15, -0.1) is 0 Å². The zero-order valence-corrected chi connectivity index (χ0v) is 22.8. The zero-order valence-electron chi connectivity index (χ0n) is 22.8. The first kappa shape index (κ1) is 34.4. The maximum Gasteiger partial charge on any atom is 0.325 e. The quantitative estimate of drug-likeness (QED) is 0.0883. The first-order valence-corrected chi connectivity index (χ1v) is 12.4. The average Bonchev–Trinajstić information content (AvgIpc) is 3.38. The summed E-state index contributed by atoms with van der Waals surface area (Å²) in [6.45, 7) is 5.03. The normalized spacial score (nSPS) is 16.0. The molecule has 0 fully saturated rings. The van der Waals surface area contributed by atoms with Gasteiger partial charge in [-0.25, -0.2) is 4.98 Å². The van der Waals surface area contributed by atoms with Crippen molar-refractivity contribution in [2.75, 3.05) is 0 Å². The van der Waals surface area contributed by atoms with E-state index in [1.165, 1.54) is 40.2 Å². The van der Waals surface area contributed by atoms with Gasteiger partial charge in [0.1, 0.15) is 30.2 Å². The number of amides is 5. The summed E-state index contributed by atoms with van der Waals surface area (Å²) in [6.07, 6.45) is 0.330. The van der Waals surface area contributed by atoms with Crippen LogP contribution >= 0.6 is 0 Å². The maximum absolute atomic E-state index is 13.1. The molecule has 1 aromatic heterocycles. The number of aromatic amines is 1. The third kappa shape index (κ3) is 11.6. The Morgan fingerprint density at radius 2 is 1.34 bits per heavy atom. The number of H-pyrrole nitrogens is 1. The molecule has 11 N–H and O–H groups in total. The van der Waals surface area contributed by atoms with Gasteiger partial charge in [0.25, 0.3) is 0 Å². The topological polar surface area (TPSA) is 295 Å². The summed E-state index contributed by atoms with van der Waals surface area (Å²) in [5.41, 5.74) is 5.91. The van der Waals surface area contributed by atoms with Crippen LogP contribution in [-0.4, -0.2) is 109 Å². The summed E-state index contributed by atoms with van der Waals surface area (Å²) in [5, 5.41) is 39.2. The van der Waals surface area contributed by atoms with Crippen LogP contribution in [0.3, 0.4) is 0 Å². The molecule has 0 spiro atoms. The first-order chi connectivity index (χ1) is 19.0. The van der Waals surface area contributed by atoms with Gasteiger partial charge in [-0.1, -0.05) is 0 Å². The predicted molar refractivity (Wildman–Crippen MR) is 139 cm³/mol. The Kier molecular flexibility index (Phi) is 13.3. The standard InChI is InChI=1S/C23H36N8O10/c1-9(19(36)29-11(3)23(40)41)27-18(35)10(2)28-21(38)15(5-13-7-25-8-26-13)30-22(39)17(12(4)32)31-20(37)14(24)6-16(33)34/h7-12,14-15,17,32H,5-6,24H2,1-4H3,(H,25,26)(H,27,35)(H,28,38)(H,29,36)(H,30,39)(H,31,37)(H,33,34)(H,40,41)/t9-,10-,11-,12+,14-,15-,17-/m0/s1. The van der Waals surface area contributed by atoms with Crippen molar-refractivity contribution in [1.29, 1.82) is 0 Å². The van der Waals surface area contributed by atoms with E-state index in [4.69, 9.17) is 15.9 Å². The Labute approximate surface area is 234 Å². The molecular formula is C23H36N8O10. The number of hydrogen-bond donors (Lipinski definition) is 10. The van der Waals surface area contributed by atoms with Gasteiger partial charge >= 0.3 is 11.9 Å². The Hall–Kier alpha value is -4.58. The minimum absolute atomic E-state index is 0.156. The minimum Gasteiger partial charge on any atom is -0.481 e. The molecule has 41 heavy (non-hydrogen) atoms. The Bertz CT molecular complexity index is 1110. The number of imidazole rings is 1. The highest BCUT2D eigenvalue weighted by atomic mass is 16.4. The molecule has 7 atom stereocenters. The van der Waals surface area contributed by atoms with E-state index in [0.29, 0.717) is 5.69 Å². The van der Waals surface area contributed by atoms with Crippen molar-refractivity contribution < 1.29 is 48.9 Å². The third-order valence-corrected chi connectivity index (χ3v) is 5.64. The van der Waals surface area contributed by atoms with Crippen LogP contribution in [0.1, 0.15) is 39.8 Å². The maximum atomic E-state index is 13.1. The third-order valence-electron chi connectivity index (χ3n) is 5.64. The van der Waals surface area contributed by atoms with Crippen molar-refractivity contribution in [3.8, 4) is 0 Å². The number of aliphatic carboxylic acids is 2. The number of aromatic nitrogens is 2. The highest BCUT2D eigenvalue weighted by Gasteiger charge is 2.33. The smallest absolute Gasteiger partial charge is 0.325 e. The molecule has 0 saturated heterocycles. The van der Waals surface area contributed by atoms with Crippen LogP contribution in [0.4, 0.5) is 0 Å². The number of nitrogens with one attached hydrogen (secondary N) is 6. The van der Waals surface area contributed by atoms with Crippen molar-refractivity contribution in [3.05, 3.63) is 18.2 Å². The number of hydrogen-bond acceptors (Lipinski definition) is 10. The fraction of sp³-hybridized carbons (Fsp3) is 0.565. The van der Waals surface area contributed by atoms with E-state index in [2.05, 4.69) is 36.6 Å². The average molecular weight is 585 g/mol. The summed E-state index contributed by atoms with van der Waals surface area (Å²) in [4.78, 5) is 91.3. The van der Waals surface area contributed by atoms with Crippen molar-refractivity contribution in [1.82, 2.24) is 36.6 Å². The highest BCUT2D eigenvalue weighted by molar-refractivity contribution is 5.96. The Morgan fingerprint density at radius 3 is 1.80 bits per heavy atom. The van der Waals surface area contributed by atoms with Crippen molar-refractivity contribution >= 4 is 41.5 Å². The fourth-order valence-electron chi connectivity index (χ4n) is 3.22. The fourth-order valence-corrected chi connectivity index (χ4v) is 3.22. The summed E-state index contributed by atoms with van der Waals surface area (Å²) in [5.74, 6) is -7.09. The summed E-state index contributed by atoms with van der Waals surface area (Å²) in [7, 11) is 0. The number of carboxylic acids is 2. The number of carbonyl (C=O) groups excluding carboxylic acids is 5. The second-order valence-corrected chi connectivity index (χ2v) is 9.30. The molecule has 228 valence electrons. The second-order valence-electron chi connectivity index (χ2n) is 9.30. The van der Waals surface area contributed by atoms with Crippen LogP contribution in [0.5, 0.6) is 0 Å². The molecule has 0 aromatic carbocycles. The monoisotopic (exact) mass is 584 g/mol. The number of nitrogens with zero attached hydrogens (tertiary/aromatic N) is 1. The molecule has 0 radical (unpaired) electrons. The zero-order chi connectivity index (χ0) is 31.4. The molecule has 0 unspecified atom stereocenters. The predicted octanol–water partition coefficient (Wildman–Crippen LogP) is -4.30. The van der Waals surface area contributed by atoms with Gasteiger partial charge in [0.2, 0.25) is 29.5 Å². The van der Waals surface area contributed by atoms with Gasteiger partial charge in [0.15, 0.2) is 0 Å². The summed E-state index contributed by atoms with van der Waals surface area (Å²) in [6, 6.07) is -8.06. The molecule has 1 rings (SSSR count). The lowest BCUT2D eigenvalue weighted by atomic mass is 10.1. The van der Waals surface area contributed by atoms with Crippen LogP contribution in [0.2, 0.25) is 0 Å². The molecular weight excluding hydrogens is 548 g/mol. The number of aliphatic hydroxyl groups is 1. The van der Waals surface area contributed by atoms with E-state index >= 15 is 0 Å². The number of rotatable bonds is 16. The molecule has 5 amide bonds. The molecule has 0 aliphatic rings. The Morgan fingerprint density at radius 1 is 0.805 bits per heavy atom. The van der Waals surface area contributed by atoms with E-state index in [9.17, 15) is 38.7 Å². The minimum atomic E-state index is -1.62. The van der Waals surface area contributed by atoms with Crippen LogP contribution in [0, 0.1) is 0 Å². The number of carboxylic acid groups (broad SMARTS) is 2. The molecule has 0 saturated carbocycles. The largest absolute Gasteiger partial charge is 0.481 e. The molecule has 0 bridgehead atoms. The van der Waals surface area contributed by atoms with Gasteiger partial charge in [-0.05, 0) is 27.7 Å². The molecule has 0 aliphatic carbocycles. The number of nitrogens with two attached hydrogens (primary N) is 1. The van der Waals surface area contributed by atoms with Crippen LogP contribution in [0.15, 0.2) is 12.5 Å². The lowest BCUT2D eigenvalue weighted by molar-refractivity contribution is -0.141. The van der Waals surface area contributed by atoms with E-state index in [-0.39, 0.29) is 6.42 Å². The summed E-state index contributed by atoms with van der Waals surface area (Å²) < 4.78 is 0. The van der Waals surface area contributed by atoms with Gasteiger partial charge in [0.05, 0.1) is 24.9 Å². The van der Waals surface area contributed by atoms with E-state index < -0.39 is 90.3 Å². The van der Waals surface area contributed by atoms with Crippen LogP contribution < -0.4 is 32.3 Å². The lowest BCUT2D eigenvalue weighted by Crippen LogP contribution is -2.60. The molecule has 18 heteroatoms. The van der Waals surface area contributed by atoms with Gasteiger partial charge in [-0.3, -0.25) is 33.6 Å². The van der Waals surface area contributed by atoms with Gasteiger partial charge in [0, 0.05) is 18.3 Å². The van der Waals surface area contributed by atoms with E-state index in [0.717, 1.165) is 0 Å². The van der Waals surface area contributed by atoms with Crippen molar-refractivity contribution in [2.24, 2.45) is 5.73 Å². The molecule has 0 aliphatic heterocycles. The van der Waals surface area contributed by atoms with Gasteiger partial charge in [-0.2, -0.15) is 0 Å². The van der Waals surface area contributed by atoms with Crippen molar-refractivity contribution in [2.45, 2.75) is 82.9 Å². The highest BCUT2D eigenvalue weighted by Crippen LogP contribution is 2.03. The molecule has 18 nitrogen and oxygen atoms in total. The van der Waals surface area contributed by atoms with E-state index in [1.54, 1.807) is 0 Å². The first-order valence-electron chi connectivity index (χ1n) is 12.4. The summed E-state index contributed by atoms with van der Waals surface area (Å²) >= 11 is 0. The number of aliphatic hydroxyl groups excluding tert-OH is 1. The Balaban J connectivity index is 2.96. The molecule has 1 aromatic rings.